The number of nitriles is 1. The van der Waals surface area contributed by atoms with Gasteiger partial charge in [-0.25, -0.2) is 4.39 Å². The number of halogens is 2. The second-order valence-corrected chi connectivity index (χ2v) is 6.07. The van der Waals surface area contributed by atoms with Crippen molar-refractivity contribution in [3.8, 4) is 11.8 Å². The summed E-state index contributed by atoms with van der Waals surface area (Å²) in [5.41, 5.74) is 1.11. The van der Waals surface area contributed by atoms with Gasteiger partial charge in [0.1, 0.15) is 17.6 Å². The summed E-state index contributed by atoms with van der Waals surface area (Å²) in [6.45, 7) is 0. The quantitative estimate of drug-likeness (QED) is 0.862. The second-order valence-electron chi connectivity index (χ2n) is 4.21. The Morgan fingerprint density at radius 1 is 1.33 bits per heavy atom. The predicted molar refractivity (Wildman–Crippen MR) is 79.2 cm³/mol. The maximum Gasteiger partial charge on any atom is 0.141 e. The third-order valence-electron chi connectivity index (χ3n) is 2.84. The van der Waals surface area contributed by atoms with Crippen LogP contribution in [0.15, 0.2) is 41.3 Å². The first-order chi connectivity index (χ1) is 10.0. The van der Waals surface area contributed by atoms with Gasteiger partial charge in [0.15, 0.2) is 0 Å². The van der Waals surface area contributed by atoms with Crippen molar-refractivity contribution < 1.29 is 13.3 Å². The van der Waals surface area contributed by atoms with E-state index < -0.39 is 16.6 Å². The number of benzene rings is 2. The first-order valence-electron chi connectivity index (χ1n) is 5.95. The lowest BCUT2D eigenvalue weighted by Crippen LogP contribution is -1.98. The molecule has 0 bridgehead atoms. The molecule has 21 heavy (non-hydrogen) atoms. The number of methoxy groups -OCH3 is 1. The normalized spacial score (nSPS) is 11.7. The highest BCUT2D eigenvalue weighted by molar-refractivity contribution is 7.84. The van der Waals surface area contributed by atoms with Gasteiger partial charge in [0.05, 0.1) is 34.2 Å². The van der Waals surface area contributed by atoms with Gasteiger partial charge in [-0.1, -0.05) is 17.7 Å². The van der Waals surface area contributed by atoms with Crippen LogP contribution in [0.4, 0.5) is 4.39 Å². The third-order valence-corrected chi connectivity index (χ3v) is 4.50. The molecule has 3 nitrogen and oxygen atoms in total. The summed E-state index contributed by atoms with van der Waals surface area (Å²) in [6.07, 6.45) is 0. The molecule has 0 N–H and O–H groups in total. The Labute approximate surface area is 129 Å². The molecule has 0 aliphatic heterocycles. The average molecular weight is 324 g/mol. The molecule has 2 aromatic rings. The SMILES string of the molecule is COc1ccc(CS(=O)c2ccc(F)c(Cl)c2)cc1C#N. The summed E-state index contributed by atoms with van der Waals surface area (Å²) < 4.78 is 30.4. The van der Waals surface area contributed by atoms with Crippen LogP contribution in [0.1, 0.15) is 11.1 Å². The topological polar surface area (TPSA) is 50.1 Å². The van der Waals surface area contributed by atoms with E-state index in [2.05, 4.69) is 0 Å². The van der Waals surface area contributed by atoms with Gasteiger partial charge >= 0.3 is 0 Å². The second kappa shape index (κ2) is 6.70. The highest BCUT2D eigenvalue weighted by Crippen LogP contribution is 2.23. The first kappa shape index (κ1) is 15.5. The number of rotatable bonds is 4. The lowest BCUT2D eigenvalue weighted by molar-refractivity contribution is 0.413. The van der Waals surface area contributed by atoms with E-state index in [1.54, 1.807) is 18.2 Å². The zero-order valence-electron chi connectivity index (χ0n) is 11.1. The number of hydrogen-bond acceptors (Lipinski definition) is 3. The van der Waals surface area contributed by atoms with Crippen molar-refractivity contribution in [2.45, 2.75) is 10.6 Å². The molecule has 1 unspecified atom stereocenters. The van der Waals surface area contributed by atoms with Crippen LogP contribution in [0.2, 0.25) is 5.02 Å². The molecule has 0 radical (unpaired) electrons. The fourth-order valence-corrected chi connectivity index (χ4v) is 3.15. The molecular formula is C15H11ClFNO2S. The molecular weight excluding hydrogens is 313 g/mol. The van der Waals surface area contributed by atoms with Crippen LogP contribution in [-0.2, 0) is 16.6 Å². The molecule has 0 fully saturated rings. The van der Waals surface area contributed by atoms with Crippen molar-refractivity contribution in [3.63, 3.8) is 0 Å². The Morgan fingerprint density at radius 3 is 2.71 bits per heavy atom. The van der Waals surface area contributed by atoms with Crippen molar-refractivity contribution in [1.29, 1.82) is 5.26 Å². The van der Waals surface area contributed by atoms with E-state index in [1.165, 1.54) is 25.3 Å². The third kappa shape index (κ3) is 3.60. The molecule has 0 amide bonds. The molecule has 0 saturated heterocycles. The van der Waals surface area contributed by atoms with Gasteiger partial charge < -0.3 is 4.74 Å². The summed E-state index contributed by atoms with van der Waals surface area (Å²) in [4.78, 5) is 0.440. The van der Waals surface area contributed by atoms with Gasteiger partial charge in [-0.05, 0) is 35.9 Å². The Balaban J connectivity index is 2.23. The molecule has 0 saturated carbocycles. The van der Waals surface area contributed by atoms with Crippen LogP contribution in [0.3, 0.4) is 0 Å². The van der Waals surface area contributed by atoms with E-state index in [4.69, 9.17) is 21.6 Å². The fourth-order valence-electron chi connectivity index (χ4n) is 1.79. The highest BCUT2D eigenvalue weighted by Gasteiger charge is 2.10. The highest BCUT2D eigenvalue weighted by atomic mass is 35.5. The largest absolute Gasteiger partial charge is 0.495 e. The van der Waals surface area contributed by atoms with Crippen molar-refractivity contribution in [2.24, 2.45) is 0 Å². The van der Waals surface area contributed by atoms with Crippen LogP contribution in [0.5, 0.6) is 5.75 Å². The van der Waals surface area contributed by atoms with Gasteiger partial charge in [0.25, 0.3) is 0 Å². The van der Waals surface area contributed by atoms with Crippen LogP contribution < -0.4 is 4.74 Å². The molecule has 0 aliphatic carbocycles. The molecule has 6 heteroatoms. The summed E-state index contributed by atoms with van der Waals surface area (Å²) in [7, 11) is 0.108. The van der Waals surface area contributed by atoms with E-state index in [0.29, 0.717) is 16.2 Å². The molecule has 0 aliphatic rings. The smallest absolute Gasteiger partial charge is 0.141 e. The predicted octanol–water partition coefficient (Wildman–Crippen LogP) is 3.67. The standard InChI is InChI=1S/C15H11ClFNO2S/c1-20-15-5-2-10(6-11(15)8-18)9-21(19)12-3-4-14(17)13(16)7-12/h2-7H,9H2,1H3. The van der Waals surface area contributed by atoms with Crippen molar-refractivity contribution >= 4 is 22.4 Å². The van der Waals surface area contributed by atoms with E-state index in [-0.39, 0.29) is 10.8 Å². The monoisotopic (exact) mass is 323 g/mol. The summed E-state index contributed by atoms with van der Waals surface area (Å²) >= 11 is 5.68. The molecule has 2 aromatic carbocycles. The minimum Gasteiger partial charge on any atom is -0.495 e. The Hall–Kier alpha value is -1.90. The summed E-state index contributed by atoms with van der Waals surface area (Å²) in [6, 6.07) is 11.0. The van der Waals surface area contributed by atoms with Gasteiger partial charge in [0.2, 0.25) is 0 Å². The molecule has 2 rings (SSSR count). The van der Waals surface area contributed by atoms with Gasteiger partial charge in [0, 0.05) is 4.90 Å². The summed E-state index contributed by atoms with van der Waals surface area (Å²) in [5, 5.41) is 8.97. The Morgan fingerprint density at radius 2 is 2.10 bits per heavy atom. The average Bonchev–Trinajstić information content (AvgIpc) is 2.49. The first-order valence-corrected chi connectivity index (χ1v) is 7.65. The van der Waals surface area contributed by atoms with E-state index >= 15 is 0 Å². The van der Waals surface area contributed by atoms with Gasteiger partial charge in [-0.2, -0.15) is 5.26 Å². The minimum absolute atomic E-state index is 0.0618. The van der Waals surface area contributed by atoms with Crippen LogP contribution in [0, 0.1) is 17.1 Å². The number of nitrogens with zero attached hydrogens (tertiary/aromatic N) is 1. The zero-order valence-corrected chi connectivity index (χ0v) is 12.7. The number of hydrogen-bond donors (Lipinski definition) is 0. The van der Waals surface area contributed by atoms with Crippen LogP contribution in [0.25, 0.3) is 0 Å². The fraction of sp³-hybridized carbons (Fsp3) is 0.133. The minimum atomic E-state index is -1.37. The number of ether oxygens (including phenoxy) is 1. The zero-order chi connectivity index (χ0) is 15.4. The summed E-state index contributed by atoms with van der Waals surface area (Å²) in [5.74, 6) is 0.131. The Kier molecular flexibility index (Phi) is 4.94. The lowest BCUT2D eigenvalue weighted by Gasteiger charge is -2.07. The van der Waals surface area contributed by atoms with Crippen molar-refractivity contribution in [1.82, 2.24) is 0 Å². The molecule has 108 valence electrons. The molecule has 0 aromatic heterocycles. The van der Waals surface area contributed by atoms with Crippen molar-refractivity contribution in [3.05, 3.63) is 58.4 Å². The van der Waals surface area contributed by atoms with Crippen LogP contribution in [-0.4, -0.2) is 11.3 Å². The van der Waals surface area contributed by atoms with E-state index in [1.807, 2.05) is 6.07 Å². The van der Waals surface area contributed by atoms with Crippen LogP contribution >= 0.6 is 11.6 Å². The Bertz CT molecular complexity index is 743. The van der Waals surface area contributed by atoms with Gasteiger partial charge in [-0.15, -0.1) is 0 Å². The van der Waals surface area contributed by atoms with Crippen molar-refractivity contribution in [2.75, 3.05) is 7.11 Å². The maximum atomic E-state index is 13.1. The maximum absolute atomic E-state index is 13.1. The molecule has 1 atom stereocenters. The van der Waals surface area contributed by atoms with Gasteiger partial charge in [-0.3, -0.25) is 4.21 Å². The molecule has 0 spiro atoms. The molecule has 0 heterocycles. The van der Waals surface area contributed by atoms with E-state index in [9.17, 15) is 8.60 Å². The lowest BCUT2D eigenvalue weighted by atomic mass is 10.1. The van der Waals surface area contributed by atoms with E-state index in [0.717, 1.165) is 5.56 Å².